The molecule has 0 aliphatic heterocycles. The fourth-order valence-corrected chi connectivity index (χ4v) is 0.940. The van der Waals surface area contributed by atoms with Gasteiger partial charge in [0.05, 0.1) is 12.1 Å². The molecular weight excluding hydrogens is 170 g/mol. The highest BCUT2D eigenvalue weighted by atomic mass is 16.5. The van der Waals surface area contributed by atoms with Crippen molar-refractivity contribution < 1.29 is 9.32 Å². The lowest BCUT2D eigenvalue weighted by Gasteiger charge is -1.99. The second-order valence-electron chi connectivity index (χ2n) is 2.74. The van der Waals surface area contributed by atoms with Crippen molar-refractivity contribution in [1.82, 2.24) is 10.5 Å². The maximum absolute atomic E-state index is 11.1. The second-order valence-corrected chi connectivity index (χ2v) is 2.74. The topological polar surface area (TPSA) is 81.2 Å². The molecule has 1 amide bonds. The molecule has 5 nitrogen and oxygen atoms in total. The number of aryl methyl sites for hydroxylation is 1. The van der Waals surface area contributed by atoms with Crippen molar-refractivity contribution in [2.75, 3.05) is 13.1 Å². The molecule has 1 heterocycles. The summed E-state index contributed by atoms with van der Waals surface area (Å²) in [5, 5.41) is 6.34. The van der Waals surface area contributed by atoms with Crippen molar-refractivity contribution >= 4 is 5.91 Å². The number of amides is 1. The maximum atomic E-state index is 11.1. The number of aromatic nitrogens is 1. The normalized spacial score (nSPS) is 10.0. The van der Waals surface area contributed by atoms with Gasteiger partial charge in [-0.25, -0.2) is 0 Å². The molecule has 0 saturated carbocycles. The van der Waals surface area contributed by atoms with Gasteiger partial charge >= 0.3 is 0 Å². The van der Waals surface area contributed by atoms with Crippen LogP contribution < -0.4 is 11.1 Å². The van der Waals surface area contributed by atoms with Crippen LogP contribution >= 0.6 is 0 Å². The number of nitrogens with two attached hydrogens (primary N) is 1. The van der Waals surface area contributed by atoms with Gasteiger partial charge in [-0.1, -0.05) is 5.16 Å². The van der Waals surface area contributed by atoms with Crippen LogP contribution in [0.2, 0.25) is 0 Å². The molecule has 0 atom stereocenters. The summed E-state index contributed by atoms with van der Waals surface area (Å²) in [4.78, 5) is 11.1. The molecule has 0 bridgehead atoms. The first-order valence-corrected chi connectivity index (χ1v) is 4.11. The van der Waals surface area contributed by atoms with Gasteiger partial charge in [-0.2, -0.15) is 0 Å². The minimum absolute atomic E-state index is 0.0845. The average molecular weight is 183 g/mol. The number of nitrogens with zero attached hydrogens (tertiary/aromatic N) is 1. The van der Waals surface area contributed by atoms with Crippen LogP contribution in [0.3, 0.4) is 0 Å². The van der Waals surface area contributed by atoms with E-state index in [1.54, 1.807) is 13.0 Å². The first-order valence-electron chi connectivity index (χ1n) is 4.11. The van der Waals surface area contributed by atoms with E-state index in [0.29, 0.717) is 24.5 Å². The Morgan fingerprint density at radius 1 is 1.77 bits per heavy atom. The molecule has 0 saturated heterocycles. The van der Waals surface area contributed by atoms with Crippen LogP contribution in [0.25, 0.3) is 0 Å². The molecule has 0 aliphatic rings. The minimum Gasteiger partial charge on any atom is -0.361 e. The summed E-state index contributed by atoms with van der Waals surface area (Å²) in [6.07, 6.45) is 0.247. The lowest BCUT2D eigenvalue weighted by atomic mass is 10.3. The molecule has 0 radical (unpaired) electrons. The van der Waals surface area contributed by atoms with Crippen LogP contribution in [0.15, 0.2) is 10.6 Å². The number of nitrogens with one attached hydrogen (secondary N) is 1. The Kier molecular flexibility index (Phi) is 3.45. The van der Waals surface area contributed by atoms with Crippen LogP contribution in [0, 0.1) is 6.92 Å². The van der Waals surface area contributed by atoms with E-state index in [4.69, 9.17) is 10.3 Å². The zero-order valence-corrected chi connectivity index (χ0v) is 7.54. The van der Waals surface area contributed by atoms with E-state index in [9.17, 15) is 4.79 Å². The Hall–Kier alpha value is -1.36. The Morgan fingerprint density at radius 2 is 2.54 bits per heavy atom. The standard InChI is InChI=1S/C8H13N3O2/c1-6-4-7(11-13-6)5-8(12)10-3-2-9/h4H,2-3,5,9H2,1H3,(H,10,12). The number of hydrogen-bond acceptors (Lipinski definition) is 4. The summed E-state index contributed by atoms with van der Waals surface area (Å²) < 4.78 is 4.82. The van der Waals surface area contributed by atoms with Crippen molar-refractivity contribution in [1.29, 1.82) is 0 Å². The van der Waals surface area contributed by atoms with E-state index < -0.39 is 0 Å². The zero-order chi connectivity index (χ0) is 9.68. The summed E-state index contributed by atoms with van der Waals surface area (Å²) in [5.74, 6) is 0.625. The highest BCUT2D eigenvalue weighted by Crippen LogP contribution is 2.01. The van der Waals surface area contributed by atoms with Crippen LogP contribution in [0.5, 0.6) is 0 Å². The van der Waals surface area contributed by atoms with Gasteiger partial charge in [-0.15, -0.1) is 0 Å². The first-order chi connectivity index (χ1) is 6.22. The predicted molar refractivity (Wildman–Crippen MR) is 47.0 cm³/mol. The lowest BCUT2D eigenvalue weighted by Crippen LogP contribution is -2.30. The molecule has 0 fully saturated rings. The van der Waals surface area contributed by atoms with Crippen molar-refractivity contribution in [3.05, 3.63) is 17.5 Å². The summed E-state index contributed by atoms with van der Waals surface area (Å²) in [6.45, 7) is 2.73. The molecule has 1 aromatic rings. The minimum atomic E-state index is -0.0845. The molecule has 1 rings (SSSR count). The van der Waals surface area contributed by atoms with Gasteiger partial charge in [-0.3, -0.25) is 4.79 Å². The first kappa shape index (κ1) is 9.73. The smallest absolute Gasteiger partial charge is 0.226 e. The highest BCUT2D eigenvalue weighted by Gasteiger charge is 2.05. The summed E-state index contributed by atoms with van der Waals surface area (Å²) >= 11 is 0. The van der Waals surface area contributed by atoms with Crippen molar-refractivity contribution in [2.24, 2.45) is 5.73 Å². The number of hydrogen-bond donors (Lipinski definition) is 2. The molecule has 72 valence electrons. The quantitative estimate of drug-likeness (QED) is 0.665. The average Bonchev–Trinajstić information content (AvgIpc) is 2.48. The number of carbonyl (C=O) groups excluding carboxylic acids is 1. The Morgan fingerprint density at radius 3 is 3.08 bits per heavy atom. The van der Waals surface area contributed by atoms with Gasteiger partial charge in [0.2, 0.25) is 5.91 Å². The molecular formula is C8H13N3O2. The Bertz CT molecular complexity index is 283. The summed E-state index contributed by atoms with van der Waals surface area (Å²) in [7, 11) is 0. The zero-order valence-electron chi connectivity index (χ0n) is 7.54. The fourth-order valence-electron chi connectivity index (χ4n) is 0.940. The lowest BCUT2D eigenvalue weighted by molar-refractivity contribution is -0.120. The molecule has 13 heavy (non-hydrogen) atoms. The van der Waals surface area contributed by atoms with Crippen LogP contribution in [0.1, 0.15) is 11.5 Å². The van der Waals surface area contributed by atoms with Crippen LogP contribution in [0.4, 0.5) is 0 Å². The SMILES string of the molecule is Cc1cc(CC(=O)NCCN)no1. The molecule has 5 heteroatoms. The fraction of sp³-hybridized carbons (Fsp3) is 0.500. The third-order valence-corrected chi connectivity index (χ3v) is 1.48. The number of rotatable bonds is 4. The van der Waals surface area contributed by atoms with Crippen molar-refractivity contribution in [2.45, 2.75) is 13.3 Å². The van der Waals surface area contributed by atoms with E-state index in [1.165, 1.54) is 0 Å². The number of carbonyl (C=O) groups is 1. The van der Waals surface area contributed by atoms with Gasteiger partial charge in [-0.05, 0) is 6.92 Å². The third-order valence-electron chi connectivity index (χ3n) is 1.48. The van der Waals surface area contributed by atoms with E-state index in [1.807, 2.05) is 0 Å². The molecule has 0 unspecified atom stereocenters. The predicted octanol–water partition coefficient (Wildman–Crippen LogP) is -0.400. The summed E-state index contributed by atoms with van der Waals surface area (Å²) in [5.41, 5.74) is 5.87. The molecule has 0 aliphatic carbocycles. The highest BCUT2D eigenvalue weighted by molar-refractivity contribution is 5.78. The van der Waals surface area contributed by atoms with E-state index in [2.05, 4.69) is 10.5 Å². The van der Waals surface area contributed by atoms with Gasteiger partial charge in [0, 0.05) is 19.2 Å². The third kappa shape index (κ3) is 3.25. The van der Waals surface area contributed by atoms with Gasteiger partial charge < -0.3 is 15.6 Å². The second kappa shape index (κ2) is 4.61. The monoisotopic (exact) mass is 183 g/mol. The Labute approximate surface area is 76.3 Å². The Balaban J connectivity index is 2.36. The van der Waals surface area contributed by atoms with E-state index in [0.717, 1.165) is 0 Å². The van der Waals surface area contributed by atoms with Gasteiger partial charge in [0.15, 0.2) is 0 Å². The van der Waals surface area contributed by atoms with Gasteiger partial charge in [0.25, 0.3) is 0 Å². The van der Waals surface area contributed by atoms with Crippen LogP contribution in [-0.4, -0.2) is 24.2 Å². The van der Waals surface area contributed by atoms with E-state index in [-0.39, 0.29) is 12.3 Å². The van der Waals surface area contributed by atoms with Gasteiger partial charge in [0.1, 0.15) is 5.76 Å². The van der Waals surface area contributed by atoms with E-state index >= 15 is 0 Å². The molecule has 1 aromatic heterocycles. The summed E-state index contributed by atoms with van der Waals surface area (Å²) in [6, 6.07) is 1.74. The van der Waals surface area contributed by atoms with Crippen LogP contribution in [-0.2, 0) is 11.2 Å². The molecule has 0 spiro atoms. The maximum Gasteiger partial charge on any atom is 0.226 e. The van der Waals surface area contributed by atoms with Crippen molar-refractivity contribution in [3.8, 4) is 0 Å². The largest absolute Gasteiger partial charge is 0.361 e. The molecule has 0 aromatic carbocycles. The molecule has 3 N–H and O–H groups in total. The van der Waals surface area contributed by atoms with Crippen molar-refractivity contribution in [3.63, 3.8) is 0 Å².